The summed E-state index contributed by atoms with van der Waals surface area (Å²) in [7, 11) is 0. The first-order chi connectivity index (χ1) is 39.6. The topological polar surface area (TPSA) is 214 Å². The molecule has 0 amide bonds. The molecule has 0 aromatic rings. The standard InChI is InChI=1S/C67H120O14/c1-3-5-7-9-11-13-15-17-19-21-23-25-27-29-31-33-35-37-39-41-43-45-47-49-51-76-53-56(54-77-66-65(75)63(73)61(71)58(81-66)55-78-67-64(74)62(72)60(70)57(52-68)80-67)79-59(69)50-48-46-44-42-40-38-36-34-32-30-28-26-24-22-20-18-16-14-12-10-8-6-4-2/h6,8,12,14,18,20-21,23-24,26,56-58,60-68,70-75H,3-5,7,9-11,13,15-17,19,22,25,27-55H2,1-2H3/b8-6-,14-12-,20-18-,23-21-,26-24-. The molecule has 7 N–H and O–H groups in total. The monoisotopic (exact) mass is 1150 g/mol. The van der Waals surface area contributed by atoms with Crippen molar-refractivity contribution in [3.63, 3.8) is 0 Å². The van der Waals surface area contributed by atoms with E-state index in [4.69, 9.17) is 28.4 Å². The minimum absolute atomic E-state index is 0.0594. The molecule has 2 rings (SSSR count). The highest BCUT2D eigenvalue weighted by Gasteiger charge is 2.47. The number of hydrogen-bond acceptors (Lipinski definition) is 14. The minimum atomic E-state index is -1.71. The lowest BCUT2D eigenvalue weighted by atomic mass is 9.98. The number of ether oxygens (including phenoxy) is 6. The molecule has 14 heteroatoms. The maximum Gasteiger partial charge on any atom is 0.306 e. The van der Waals surface area contributed by atoms with Gasteiger partial charge in [-0.2, -0.15) is 0 Å². The zero-order valence-corrected chi connectivity index (χ0v) is 51.0. The fourth-order valence-electron chi connectivity index (χ4n) is 10.3. The average molecular weight is 1150 g/mol. The van der Waals surface area contributed by atoms with Gasteiger partial charge in [0.1, 0.15) is 54.9 Å². The summed E-state index contributed by atoms with van der Waals surface area (Å²) in [6, 6.07) is 0. The Morgan fingerprint density at radius 2 is 0.802 bits per heavy atom. The van der Waals surface area contributed by atoms with Crippen LogP contribution in [0.15, 0.2) is 60.8 Å². The van der Waals surface area contributed by atoms with Crippen LogP contribution in [0.5, 0.6) is 0 Å². The summed E-state index contributed by atoms with van der Waals surface area (Å²) in [6.07, 6.45) is 51.4. The third-order valence-corrected chi connectivity index (χ3v) is 15.5. The van der Waals surface area contributed by atoms with Crippen molar-refractivity contribution < 1.29 is 69.0 Å². The lowest BCUT2D eigenvalue weighted by Crippen LogP contribution is -2.61. The number of aliphatic hydroxyl groups is 7. The van der Waals surface area contributed by atoms with E-state index >= 15 is 0 Å². The van der Waals surface area contributed by atoms with E-state index in [1.807, 2.05) is 0 Å². The van der Waals surface area contributed by atoms with E-state index in [0.29, 0.717) is 13.0 Å². The number of esters is 1. The summed E-state index contributed by atoms with van der Waals surface area (Å²) < 4.78 is 34.5. The fraction of sp³-hybridized carbons (Fsp3) is 0.836. The van der Waals surface area contributed by atoms with Crippen molar-refractivity contribution in [2.24, 2.45) is 0 Å². The average Bonchev–Trinajstić information content (AvgIpc) is 3.46. The van der Waals surface area contributed by atoms with Gasteiger partial charge in [0.25, 0.3) is 0 Å². The normalized spacial score (nSPS) is 24.1. The van der Waals surface area contributed by atoms with Gasteiger partial charge in [0.05, 0.1) is 26.4 Å². The zero-order valence-electron chi connectivity index (χ0n) is 51.0. The molecule has 472 valence electrons. The van der Waals surface area contributed by atoms with Crippen LogP contribution in [-0.4, -0.2) is 142 Å². The van der Waals surface area contributed by atoms with Crippen molar-refractivity contribution in [2.45, 2.75) is 325 Å². The minimum Gasteiger partial charge on any atom is -0.457 e. The zero-order chi connectivity index (χ0) is 58.6. The summed E-state index contributed by atoms with van der Waals surface area (Å²) in [5.41, 5.74) is 0. The molecule has 0 bridgehead atoms. The third-order valence-electron chi connectivity index (χ3n) is 15.5. The quantitative estimate of drug-likeness (QED) is 0.0172. The van der Waals surface area contributed by atoms with Crippen LogP contribution in [0.4, 0.5) is 0 Å². The lowest BCUT2D eigenvalue weighted by molar-refractivity contribution is -0.332. The molecule has 11 unspecified atom stereocenters. The lowest BCUT2D eigenvalue weighted by Gasteiger charge is -2.42. The first-order valence-electron chi connectivity index (χ1n) is 32.9. The van der Waals surface area contributed by atoms with Gasteiger partial charge < -0.3 is 64.2 Å². The molecule has 0 radical (unpaired) electrons. The number of allylic oxidation sites excluding steroid dienone is 10. The number of carbonyl (C=O) groups excluding carboxylic acids is 1. The summed E-state index contributed by atoms with van der Waals surface area (Å²) in [5, 5.41) is 72.5. The SMILES string of the molecule is CC/C=C\C/C=C\C/C=C\C/C=C\CCCCCCCCCCCCC(=O)OC(COCCCCCCCCCCCCCC/C=C\CCCCCCCCCC)COC1OC(COC2OC(CO)C(O)C(O)C2O)C(O)C(O)C1O. The molecule has 2 aliphatic rings. The Hall–Kier alpha value is -2.31. The van der Waals surface area contributed by atoms with E-state index < -0.39 is 80.7 Å². The van der Waals surface area contributed by atoms with Crippen LogP contribution in [0, 0.1) is 0 Å². The smallest absolute Gasteiger partial charge is 0.306 e. The van der Waals surface area contributed by atoms with Crippen molar-refractivity contribution in [1.82, 2.24) is 0 Å². The second-order valence-electron chi connectivity index (χ2n) is 22.9. The van der Waals surface area contributed by atoms with Gasteiger partial charge in [-0.05, 0) is 77.0 Å². The van der Waals surface area contributed by atoms with Gasteiger partial charge in [-0.3, -0.25) is 4.79 Å². The molecule has 2 fully saturated rings. The Balaban J connectivity index is 1.66. The van der Waals surface area contributed by atoms with Gasteiger partial charge in [-0.1, -0.05) is 235 Å². The summed E-state index contributed by atoms with van der Waals surface area (Å²) in [6.45, 7) is 3.61. The summed E-state index contributed by atoms with van der Waals surface area (Å²) in [4.78, 5) is 13.1. The van der Waals surface area contributed by atoms with E-state index in [1.165, 1.54) is 161 Å². The Bertz CT molecular complexity index is 1570. The van der Waals surface area contributed by atoms with Crippen LogP contribution in [-0.2, 0) is 33.2 Å². The van der Waals surface area contributed by atoms with Gasteiger partial charge in [-0.15, -0.1) is 0 Å². The number of hydrogen-bond donors (Lipinski definition) is 7. The molecule has 0 aromatic carbocycles. The molecular formula is C67H120O14. The van der Waals surface area contributed by atoms with Crippen LogP contribution in [0.3, 0.4) is 0 Å². The van der Waals surface area contributed by atoms with Crippen LogP contribution in [0.1, 0.15) is 258 Å². The largest absolute Gasteiger partial charge is 0.457 e. The van der Waals surface area contributed by atoms with E-state index in [9.17, 15) is 40.5 Å². The molecule has 14 nitrogen and oxygen atoms in total. The highest BCUT2D eigenvalue weighted by molar-refractivity contribution is 5.69. The van der Waals surface area contributed by atoms with E-state index in [-0.39, 0.29) is 25.6 Å². The van der Waals surface area contributed by atoms with Crippen molar-refractivity contribution >= 4 is 5.97 Å². The number of rotatable bonds is 54. The van der Waals surface area contributed by atoms with Crippen molar-refractivity contribution in [1.29, 1.82) is 0 Å². The first kappa shape index (κ1) is 74.8. The number of unbranched alkanes of at least 4 members (excludes halogenated alkanes) is 30. The molecule has 81 heavy (non-hydrogen) atoms. The van der Waals surface area contributed by atoms with Crippen LogP contribution < -0.4 is 0 Å². The van der Waals surface area contributed by atoms with E-state index in [1.54, 1.807) is 0 Å². The molecule has 2 aliphatic heterocycles. The molecule has 2 saturated heterocycles. The maximum atomic E-state index is 13.1. The van der Waals surface area contributed by atoms with Crippen molar-refractivity contribution in [3.05, 3.63) is 60.8 Å². The highest BCUT2D eigenvalue weighted by atomic mass is 16.7. The van der Waals surface area contributed by atoms with Gasteiger partial charge in [0, 0.05) is 13.0 Å². The molecule has 2 heterocycles. The Morgan fingerprint density at radius 3 is 1.27 bits per heavy atom. The fourth-order valence-corrected chi connectivity index (χ4v) is 10.3. The van der Waals surface area contributed by atoms with Crippen LogP contribution in [0.25, 0.3) is 0 Å². The van der Waals surface area contributed by atoms with Crippen LogP contribution in [0.2, 0.25) is 0 Å². The molecule has 0 aliphatic carbocycles. The Morgan fingerprint density at radius 1 is 0.420 bits per heavy atom. The Kier molecular flexibility index (Phi) is 49.1. The highest BCUT2D eigenvalue weighted by Crippen LogP contribution is 2.27. The van der Waals surface area contributed by atoms with Crippen molar-refractivity contribution in [3.8, 4) is 0 Å². The molecule has 0 spiro atoms. The summed E-state index contributed by atoms with van der Waals surface area (Å²) in [5.74, 6) is -0.379. The van der Waals surface area contributed by atoms with Gasteiger partial charge in [0.15, 0.2) is 12.6 Å². The second kappa shape index (κ2) is 53.2. The van der Waals surface area contributed by atoms with Crippen molar-refractivity contribution in [2.75, 3.05) is 33.0 Å². The number of aliphatic hydroxyl groups excluding tert-OH is 7. The second-order valence-corrected chi connectivity index (χ2v) is 22.9. The van der Waals surface area contributed by atoms with Gasteiger partial charge in [0.2, 0.25) is 0 Å². The first-order valence-corrected chi connectivity index (χ1v) is 32.9. The van der Waals surface area contributed by atoms with E-state index in [0.717, 1.165) is 70.6 Å². The molecule has 0 saturated carbocycles. The maximum absolute atomic E-state index is 13.1. The molecular weight excluding hydrogens is 1030 g/mol. The third kappa shape index (κ3) is 39.1. The van der Waals surface area contributed by atoms with Gasteiger partial charge >= 0.3 is 5.97 Å². The van der Waals surface area contributed by atoms with E-state index in [2.05, 4.69) is 74.6 Å². The number of carbonyl (C=O) groups is 1. The van der Waals surface area contributed by atoms with Crippen LogP contribution >= 0.6 is 0 Å². The predicted molar refractivity (Wildman–Crippen MR) is 326 cm³/mol. The molecule has 0 aromatic heterocycles. The summed E-state index contributed by atoms with van der Waals surface area (Å²) >= 11 is 0. The molecule has 11 atom stereocenters. The predicted octanol–water partition coefficient (Wildman–Crippen LogP) is 13.2. The van der Waals surface area contributed by atoms with Gasteiger partial charge in [-0.25, -0.2) is 0 Å². The Labute approximate surface area is 492 Å².